The molecule has 6 heteroatoms. The first-order chi connectivity index (χ1) is 15.4. The van der Waals surface area contributed by atoms with Crippen molar-refractivity contribution in [1.29, 1.82) is 0 Å². The van der Waals surface area contributed by atoms with Crippen molar-refractivity contribution in [3.63, 3.8) is 0 Å². The molecule has 32 heavy (non-hydrogen) atoms. The summed E-state index contributed by atoms with van der Waals surface area (Å²) in [5.74, 6) is 0.530. The van der Waals surface area contributed by atoms with Gasteiger partial charge in [-0.05, 0) is 31.6 Å². The van der Waals surface area contributed by atoms with Gasteiger partial charge in [-0.2, -0.15) is 0 Å². The van der Waals surface area contributed by atoms with E-state index in [1.54, 1.807) is 6.92 Å². The van der Waals surface area contributed by atoms with Gasteiger partial charge in [0.1, 0.15) is 13.2 Å². The molecule has 0 aromatic carbocycles. The van der Waals surface area contributed by atoms with Gasteiger partial charge in [-0.15, -0.1) is 0 Å². The first-order valence-corrected chi connectivity index (χ1v) is 12.1. The standard InChI is InChI=1S/2C13H24O3/c1-5-7-12(6-2)10-15-8-9-16-13(14)11(3)4;1-4-7-8-12(5-2)11-15-9-10-16-13(14)6-3/h12H,3,5-10H2,1-2,4H3;6,12H,3-5,7-11H2,1-2H3. The van der Waals surface area contributed by atoms with Gasteiger partial charge < -0.3 is 18.9 Å². The molecule has 0 aliphatic rings. The molecule has 0 aliphatic carbocycles. The highest BCUT2D eigenvalue weighted by Crippen LogP contribution is 2.12. The van der Waals surface area contributed by atoms with Crippen LogP contribution in [0.4, 0.5) is 0 Å². The molecular weight excluding hydrogens is 408 g/mol. The number of esters is 2. The lowest BCUT2D eigenvalue weighted by Gasteiger charge is -2.14. The lowest BCUT2D eigenvalue weighted by atomic mass is 10.0. The average Bonchev–Trinajstić information content (AvgIpc) is 2.79. The molecule has 2 atom stereocenters. The van der Waals surface area contributed by atoms with Crippen LogP contribution in [0.25, 0.3) is 0 Å². The summed E-state index contributed by atoms with van der Waals surface area (Å²) >= 11 is 0. The van der Waals surface area contributed by atoms with Gasteiger partial charge in [0.05, 0.1) is 13.2 Å². The van der Waals surface area contributed by atoms with Crippen LogP contribution in [-0.2, 0) is 28.5 Å². The molecule has 0 aromatic heterocycles. The summed E-state index contributed by atoms with van der Waals surface area (Å²) in [4.78, 5) is 21.7. The fraction of sp³-hybridized carbons (Fsp3) is 0.769. The van der Waals surface area contributed by atoms with Gasteiger partial charge in [-0.1, -0.05) is 73.0 Å². The minimum Gasteiger partial charge on any atom is -0.460 e. The second kappa shape index (κ2) is 24.0. The zero-order valence-corrected chi connectivity index (χ0v) is 21.3. The number of hydrogen-bond acceptors (Lipinski definition) is 6. The molecule has 0 saturated carbocycles. The van der Waals surface area contributed by atoms with E-state index in [0.717, 1.165) is 32.1 Å². The third-order valence-electron chi connectivity index (χ3n) is 4.97. The minimum absolute atomic E-state index is 0.314. The Hall–Kier alpha value is -1.66. The maximum atomic E-state index is 11.0. The molecule has 0 fully saturated rings. The predicted octanol–water partition coefficient (Wildman–Crippen LogP) is 5.90. The van der Waals surface area contributed by atoms with Gasteiger partial charge in [-0.25, -0.2) is 9.59 Å². The zero-order valence-electron chi connectivity index (χ0n) is 21.3. The van der Waals surface area contributed by atoms with E-state index in [4.69, 9.17) is 18.9 Å². The molecule has 0 amide bonds. The van der Waals surface area contributed by atoms with E-state index < -0.39 is 0 Å². The summed E-state index contributed by atoms with van der Waals surface area (Å²) in [6.07, 6.45) is 9.54. The maximum absolute atomic E-state index is 11.0. The van der Waals surface area contributed by atoms with Crippen LogP contribution in [0.2, 0.25) is 0 Å². The van der Waals surface area contributed by atoms with Crippen LogP contribution in [0.3, 0.4) is 0 Å². The van der Waals surface area contributed by atoms with Crippen molar-refractivity contribution in [1.82, 2.24) is 0 Å². The quantitative estimate of drug-likeness (QED) is 0.137. The average molecular weight is 457 g/mol. The number of carbonyl (C=O) groups excluding carboxylic acids is 2. The van der Waals surface area contributed by atoms with Gasteiger partial charge >= 0.3 is 11.9 Å². The monoisotopic (exact) mass is 456 g/mol. The highest BCUT2D eigenvalue weighted by Gasteiger charge is 2.07. The van der Waals surface area contributed by atoms with Gasteiger partial charge in [0.25, 0.3) is 0 Å². The number of rotatable bonds is 19. The molecule has 0 aliphatic heterocycles. The van der Waals surface area contributed by atoms with Crippen LogP contribution in [-0.4, -0.2) is 51.6 Å². The lowest BCUT2D eigenvalue weighted by Crippen LogP contribution is -2.14. The van der Waals surface area contributed by atoms with Crippen molar-refractivity contribution in [2.75, 3.05) is 39.6 Å². The molecular formula is C26H48O6. The lowest BCUT2D eigenvalue weighted by molar-refractivity contribution is -0.141. The Bertz CT molecular complexity index is 489. The van der Waals surface area contributed by atoms with Crippen LogP contribution >= 0.6 is 0 Å². The number of unbranched alkanes of at least 4 members (excludes halogenated alkanes) is 1. The summed E-state index contributed by atoms with van der Waals surface area (Å²) in [5.41, 5.74) is 0.428. The number of carbonyl (C=O) groups is 2. The van der Waals surface area contributed by atoms with Gasteiger partial charge in [0.2, 0.25) is 0 Å². The summed E-state index contributed by atoms with van der Waals surface area (Å²) in [6.45, 7) is 20.3. The van der Waals surface area contributed by atoms with Crippen molar-refractivity contribution in [2.45, 2.75) is 79.6 Å². The van der Waals surface area contributed by atoms with Crippen molar-refractivity contribution in [3.05, 3.63) is 24.8 Å². The number of hydrogen-bond donors (Lipinski definition) is 0. The van der Waals surface area contributed by atoms with E-state index >= 15 is 0 Å². The van der Waals surface area contributed by atoms with E-state index in [1.807, 2.05) is 0 Å². The molecule has 0 rings (SSSR count). The van der Waals surface area contributed by atoms with Crippen LogP contribution in [0.1, 0.15) is 79.6 Å². The Balaban J connectivity index is 0. The third-order valence-corrected chi connectivity index (χ3v) is 4.97. The number of ether oxygens (including phenoxy) is 4. The van der Waals surface area contributed by atoms with Crippen LogP contribution < -0.4 is 0 Å². The molecule has 2 unspecified atom stereocenters. The van der Waals surface area contributed by atoms with Crippen molar-refractivity contribution >= 4 is 11.9 Å². The zero-order chi connectivity index (χ0) is 24.6. The molecule has 0 radical (unpaired) electrons. The van der Waals surface area contributed by atoms with E-state index in [2.05, 4.69) is 40.9 Å². The van der Waals surface area contributed by atoms with E-state index in [0.29, 0.717) is 43.8 Å². The fourth-order valence-electron chi connectivity index (χ4n) is 2.79. The molecule has 0 bridgehead atoms. The smallest absolute Gasteiger partial charge is 0.333 e. The van der Waals surface area contributed by atoms with Crippen LogP contribution in [0.15, 0.2) is 24.8 Å². The normalized spacial score (nSPS) is 12.2. The molecule has 188 valence electrons. The second-order valence-electron chi connectivity index (χ2n) is 7.92. The highest BCUT2D eigenvalue weighted by molar-refractivity contribution is 5.86. The van der Waals surface area contributed by atoms with E-state index in [-0.39, 0.29) is 11.9 Å². The molecule has 0 saturated heterocycles. The van der Waals surface area contributed by atoms with Crippen molar-refractivity contribution < 1.29 is 28.5 Å². The first kappa shape index (κ1) is 32.5. The van der Waals surface area contributed by atoms with E-state index in [1.165, 1.54) is 32.1 Å². The van der Waals surface area contributed by atoms with Crippen LogP contribution in [0.5, 0.6) is 0 Å². The van der Waals surface area contributed by atoms with Gasteiger partial charge in [0.15, 0.2) is 0 Å². The van der Waals surface area contributed by atoms with Crippen molar-refractivity contribution in [2.24, 2.45) is 11.8 Å². The fourth-order valence-corrected chi connectivity index (χ4v) is 2.79. The summed E-state index contributed by atoms with van der Waals surface area (Å²) in [5, 5.41) is 0. The van der Waals surface area contributed by atoms with Crippen molar-refractivity contribution in [3.8, 4) is 0 Å². The minimum atomic E-state index is -0.387. The highest BCUT2D eigenvalue weighted by atomic mass is 16.6. The topological polar surface area (TPSA) is 71.1 Å². The summed E-state index contributed by atoms with van der Waals surface area (Å²) in [7, 11) is 0. The molecule has 0 heterocycles. The third kappa shape index (κ3) is 21.6. The van der Waals surface area contributed by atoms with Gasteiger partial charge in [0, 0.05) is 24.9 Å². The Morgan fingerprint density at radius 1 is 0.812 bits per heavy atom. The van der Waals surface area contributed by atoms with Crippen LogP contribution in [0, 0.1) is 11.8 Å². The summed E-state index contributed by atoms with van der Waals surface area (Å²) < 4.78 is 20.7. The van der Waals surface area contributed by atoms with Gasteiger partial charge in [-0.3, -0.25) is 0 Å². The second-order valence-corrected chi connectivity index (χ2v) is 7.92. The Morgan fingerprint density at radius 3 is 1.78 bits per heavy atom. The molecule has 6 nitrogen and oxygen atoms in total. The Morgan fingerprint density at radius 2 is 1.34 bits per heavy atom. The predicted molar refractivity (Wildman–Crippen MR) is 131 cm³/mol. The van der Waals surface area contributed by atoms with E-state index in [9.17, 15) is 9.59 Å². The molecule has 0 N–H and O–H groups in total. The SMILES string of the molecule is C=C(C)C(=O)OCCOCC(CC)CCC.C=CC(=O)OCCOCC(CC)CCCC. The molecule has 0 spiro atoms. The molecule has 0 aromatic rings. The largest absolute Gasteiger partial charge is 0.460 e. The summed E-state index contributed by atoms with van der Waals surface area (Å²) in [6, 6.07) is 0. The Kier molecular flexibility index (Phi) is 24.4. The Labute approximate surface area is 196 Å². The maximum Gasteiger partial charge on any atom is 0.333 e. The first-order valence-electron chi connectivity index (χ1n) is 12.1.